The smallest absolute Gasteiger partial charge is 0.305 e. The molecule has 3 heteroatoms. The minimum Gasteiger partial charge on any atom is -0.481 e. The third-order valence-corrected chi connectivity index (χ3v) is 6.58. The number of hydrogen-bond acceptors (Lipinski definition) is 2. The molecule has 0 heterocycles. The Balaban J connectivity index is 1.82. The highest BCUT2D eigenvalue weighted by atomic mass is 16.4. The zero-order valence-corrected chi connectivity index (χ0v) is 19.8. The predicted molar refractivity (Wildman–Crippen MR) is 138 cm³/mol. The molecule has 0 aliphatic carbocycles. The first-order valence-electron chi connectivity index (χ1n) is 11.8. The monoisotopic (exact) mass is 449 g/mol. The predicted octanol–water partition coefficient (Wildman–Crippen LogP) is 7.44. The summed E-state index contributed by atoms with van der Waals surface area (Å²) in [4.78, 5) is 14.5. The number of benzene rings is 4. The molecule has 0 amide bonds. The summed E-state index contributed by atoms with van der Waals surface area (Å²) in [5, 5.41) is 9.96. The van der Waals surface area contributed by atoms with E-state index >= 15 is 0 Å². The fraction of sp³-hybridized carbons (Fsp3) is 0.194. The van der Waals surface area contributed by atoms with Gasteiger partial charge in [-0.3, -0.25) is 9.69 Å². The van der Waals surface area contributed by atoms with Gasteiger partial charge in [-0.25, -0.2) is 0 Å². The average molecular weight is 450 g/mol. The number of carboxylic acid groups (broad SMARTS) is 1. The van der Waals surface area contributed by atoms with Gasteiger partial charge in [-0.05, 0) is 47.2 Å². The van der Waals surface area contributed by atoms with Crippen molar-refractivity contribution in [3.63, 3.8) is 0 Å². The molecule has 0 spiro atoms. The molecule has 3 nitrogen and oxygen atoms in total. The lowest BCUT2D eigenvalue weighted by atomic mass is 9.89. The van der Waals surface area contributed by atoms with Crippen molar-refractivity contribution in [2.75, 3.05) is 0 Å². The molecule has 34 heavy (non-hydrogen) atoms. The van der Waals surface area contributed by atoms with Gasteiger partial charge in [0, 0.05) is 18.6 Å². The lowest BCUT2D eigenvalue weighted by molar-refractivity contribution is -0.138. The van der Waals surface area contributed by atoms with Crippen molar-refractivity contribution in [3.8, 4) is 11.1 Å². The summed E-state index contributed by atoms with van der Waals surface area (Å²) >= 11 is 0. The summed E-state index contributed by atoms with van der Waals surface area (Å²) in [6, 6.07) is 36.9. The molecule has 4 aromatic rings. The van der Waals surface area contributed by atoms with Gasteiger partial charge in [0.15, 0.2) is 0 Å². The minimum atomic E-state index is -0.798. The third kappa shape index (κ3) is 5.44. The first-order valence-corrected chi connectivity index (χ1v) is 11.8. The quantitative estimate of drug-likeness (QED) is 0.289. The maximum absolute atomic E-state index is 12.1. The molecule has 0 aliphatic rings. The van der Waals surface area contributed by atoms with Crippen LogP contribution < -0.4 is 0 Å². The summed E-state index contributed by atoms with van der Waals surface area (Å²) in [6.45, 7) is 4.94. The van der Waals surface area contributed by atoms with Crippen molar-refractivity contribution in [1.82, 2.24) is 4.90 Å². The maximum Gasteiger partial charge on any atom is 0.305 e. The Morgan fingerprint density at radius 3 is 2.00 bits per heavy atom. The summed E-state index contributed by atoms with van der Waals surface area (Å²) in [5.74, 6) is -0.798. The molecule has 0 aliphatic heterocycles. The first kappa shape index (κ1) is 23.5. The molecular weight excluding hydrogens is 418 g/mol. The molecule has 4 aromatic carbocycles. The number of hydrogen-bond donors (Lipinski definition) is 1. The lowest BCUT2D eigenvalue weighted by Gasteiger charge is -2.37. The fourth-order valence-corrected chi connectivity index (χ4v) is 4.75. The highest BCUT2D eigenvalue weighted by Crippen LogP contribution is 2.38. The van der Waals surface area contributed by atoms with Crippen molar-refractivity contribution in [2.24, 2.45) is 0 Å². The van der Waals surface area contributed by atoms with Crippen molar-refractivity contribution in [1.29, 1.82) is 0 Å². The van der Waals surface area contributed by atoms with Gasteiger partial charge in [0.2, 0.25) is 0 Å². The fourth-order valence-electron chi connectivity index (χ4n) is 4.75. The Morgan fingerprint density at radius 1 is 0.794 bits per heavy atom. The second-order valence-electron chi connectivity index (χ2n) is 8.74. The van der Waals surface area contributed by atoms with Gasteiger partial charge in [-0.1, -0.05) is 109 Å². The second-order valence-corrected chi connectivity index (χ2v) is 8.74. The van der Waals surface area contributed by atoms with E-state index in [4.69, 9.17) is 0 Å². The van der Waals surface area contributed by atoms with Gasteiger partial charge in [-0.15, -0.1) is 0 Å². The summed E-state index contributed by atoms with van der Waals surface area (Å²) in [7, 11) is 0. The van der Waals surface area contributed by atoms with E-state index in [0.717, 1.165) is 27.8 Å². The molecule has 172 valence electrons. The van der Waals surface area contributed by atoms with Crippen molar-refractivity contribution in [3.05, 3.63) is 131 Å². The molecule has 2 atom stereocenters. The molecule has 0 aromatic heterocycles. The van der Waals surface area contributed by atoms with E-state index < -0.39 is 5.97 Å². The maximum atomic E-state index is 12.1. The van der Waals surface area contributed by atoms with Gasteiger partial charge < -0.3 is 5.11 Å². The second kappa shape index (κ2) is 11.0. The number of rotatable bonds is 9. The van der Waals surface area contributed by atoms with Gasteiger partial charge in [0.1, 0.15) is 0 Å². The largest absolute Gasteiger partial charge is 0.481 e. The Kier molecular flexibility index (Phi) is 7.56. The third-order valence-electron chi connectivity index (χ3n) is 6.58. The number of nitrogens with zero attached hydrogens (tertiary/aromatic N) is 1. The van der Waals surface area contributed by atoms with Crippen molar-refractivity contribution >= 4 is 5.97 Å². The number of carboxylic acids is 1. The van der Waals surface area contributed by atoms with E-state index in [9.17, 15) is 9.90 Å². The van der Waals surface area contributed by atoms with Crippen LogP contribution in [0.25, 0.3) is 11.1 Å². The molecule has 0 saturated carbocycles. The molecule has 0 fully saturated rings. The van der Waals surface area contributed by atoms with Crippen LogP contribution in [0.15, 0.2) is 109 Å². The minimum absolute atomic E-state index is 0.0308. The lowest BCUT2D eigenvalue weighted by Crippen LogP contribution is -2.33. The van der Waals surface area contributed by atoms with Gasteiger partial charge in [-0.2, -0.15) is 0 Å². The van der Waals surface area contributed by atoms with E-state index in [-0.39, 0.29) is 18.5 Å². The van der Waals surface area contributed by atoms with Crippen molar-refractivity contribution in [2.45, 2.75) is 38.9 Å². The van der Waals surface area contributed by atoms with E-state index in [1.54, 1.807) is 0 Å². The Bertz CT molecular complexity index is 1210. The molecule has 0 radical (unpaired) electrons. The Labute approximate surface area is 202 Å². The SMILES string of the molecule is Cc1c(-c2ccccc2)cccc1C(CC(=O)O)N(Cc1ccccc1)[C@H](C)c1ccccc1. The van der Waals surface area contributed by atoms with Gasteiger partial charge in [0.05, 0.1) is 6.42 Å². The Morgan fingerprint density at radius 2 is 1.38 bits per heavy atom. The van der Waals surface area contributed by atoms with E-state index in [0.29, 0.717) is 6.54 Å². The van der Waals surface area contributed by atoms with Crippen LogP contribution in [0.2, 0.25) is 0 Å². The molecule has 0 saturated heterocycles. The highest BCUT2D eigenvalue weighted by Gasteiger charge is 2.30. The molecule has 0 bridgehead atoms. The van der Waals surface area contributed by atoms with Gasteiger partial charge in [0.25, 0.3) is 0 Å². The summed E-state index contributed by atoms with van der Waals surface area (Å²) in [5.41, 5.74) is 6.80. The van der Waals surface area contributed by atoms with E-state index in [1.165, 1.54) is 5.56 Å². The molecule has 4 rings (SSSR count). The van der Waals surface area contributed by atoms with Crippen LogP contribution in [-0.4, -0.2) is 16.0 Å². The molecular formula is C31H31NO2. The van der Waals surface area contributed by atoms with Gasteiger partial charge >= 0.3 is 5.97 Å². The van der Waals surface area contributed by atoms with Crippen molar-refractivity contribution < 1.29 is 9.90 Å². The van der Waals surface area contributed by atoms with Crippen LogP contribution in [-0.2, 0) is 11.3 Å². The van der Waals surface area contributed by atoms with Crippen LogP contribution in [0.3, 0.4) is 0 Å². The van der Waals surface area contributed by atoms with Crippen LogP contribution in [0.1, 0.15) is 47.7 Å². The molecule has 1 N–H and O–H groups in total. The van der Waals surface area contributed by atoms with Crippen LogP contribution in [0.4, 0.5) is 0 Å². The summed E-state index contributed by atoms with van der Waals surface area (Å²) < 4.78 is 0. The standard InChI is InChI=1S/C31H31NO2/c1-23-28(27-17-10-5-11-18-27)19-12-20-29(23)30(21-31(33)34)32(22-25-13-6-3-7-14-25)24(2)26-15-8-4-9-16-26/h3-20,24,30H,21-22H2,1-2H3,(H,33,34)/t24-,30?/m1/s1. The van der Waals surface area contributed by atoms with E-state index in [2.05, 4.69) is 67.3 Å². The topological polar surface area (TPSA) is 40.5 Å². The first-order chi connectivity index (χ1) is 16.5. The Hall–Kier alpha value is -3.69. The highest BCUT2D eigenvalue weighted by molar-refractivity contribution is 5.71. The number of aliphatic carboxylic acids is 1. The van der Waals surface area contributed by atoms with Crippen LogP contribution in [0, 0.1) is 6.92 Å². The summed E-state index contributed by atoms with van der Waals surface area (Å²) in [6.07, 6.45) is 0.0308. The zero-order valence-electron chi connectivity index (χ0n) is 19.8. The van der Waals surface area contributed by atoms with Crippen LogP contribution in [0.5, 0.6) is 0 Å². The number of carbonyl (C=O) groups is 1. The molecule has 1 unspecified atom stereocenters. The van der Waals surface area contributed by atoms with E-state index in [1.807, 2.05) is 60.7 Å². The average Bonchev–Trinajstić information content (AvgIpc) is 2.87. The van der Waals surface area contributed by atoms with Crippen LogP contribution >= 0.6 is 0 Å². The zero-order chi connectivity index (χ0) is 23.9. The normalized spacial score (nSPS) is 12.9.